The summed E-state index contributed by atoms with van der Waals surface area (Å²) in [5, 5.41) is 3.32. The fourth-order valence-corrected chi connectivity index (χ4v) is 3.42. The first-order valence-electron chi connectivity index (χ1n) is 8.80. The van der Waals surface area contributed by atoms with Gasteiger partial charge < -0.3 is 18.8 Å². The van der Waals surface area contributed by atoms with E-state index in [-0.39, 0.29) is 5.75 Å². The number of benzene rings is 2. The predicted molar refractivity (Wildman–Crippen MR) is 113 cm³/mol. The van der Waals surface area contributed by atoms with Gasteiger partial charge in [0, 0.05) is 22.6 Å². The Labute approximate surface area is 168 Å². The Bertz CT molecular complexity index is 1020. The molecule has 6 nitrogen and oxygen atoms in total. The molecule has 0 atom stereocenters. The van der Waals surface area contributed by atoms with E-state index >= 15 is 0 Å². The molecule has 3 rings (SSSR count). The van der Waals surface area contributed by atoms with Crippen molar-refractivity contribution in [2.75, 3.05) is 19.5 Å². The number of aromatic nitrogens is 2. The van der Waals surface area contributed by atoms with Gasteiger partial charge in [-0.05, 0) is 42.7 Å². The van der Waals surface area contributed by atoms with Gasteiger partial charge in [-0.3, -0.25) is 4.79 Å². The van der Waals surface area contributed by atoms with E-state index in [2.05, 4.69) is 16.4 Å². The zero-order chi connectivity index (χ0) is 20.1. The largest absolute Gasteiger partial charge is 0.490 e. The molecule has 1 N–H and O–H groups in total. The van der Waals surface area contributed by atoms with Crippen molar-refractivity contribution >= 4 is 23.7 Å². The van der Waals surface area contributed by atoms with Crippen LogP contribution >= 0.6 is 12.0 Å². The summed E-state index contributed by atoms with van der Waals surface area (Å²) in [6.07, 6.45) is 1.68. The molecule has 0 saturated heterocycles. The number of rotatable bonds is 7. The lowest BCUT2D eigenvalue weighted by molar-refractivity contribution is 0.402. The molecule has 3 aromatic rings. The average molecular weight is 398 g/mol. The minimum atomic E-state index is -0.411. The van der Waals surface area contributed by atoms with Gasteiger partial charge in [0.05, 0.1) is 27.0 Å². The van der Waals surface area contributed by atoms with Crippen molar-refractivity contribution in [3.05, 3.63) is 75.7 Å². The topological polar surface area (TPSA) is 65.4 Å². The Morgan fingerprint density at radius 2 is 1.89 bits per heavy atom. The Morgan fingerprint density at radius 3 is 2.57 bits per heavy atom. The SMILES string of the molecule is COSc1cc(C)c(C)c(Nc2nc(=O)c(OC)cn2Cc2ccccc2)c1. The third-order valence-electron chi connectivity index (χ3n) is 4.45. The second-order valence-corrected chi connectivity index (χ2v) is 7.31. The van der Waals surface area contributed by atoms with E-state index in [9.17, 15) is 4.79 Å². The molecule has 0 spiro atoms. The smallest absolute Gasteiger partial charge is 0.316 e. The van der Waals surface area contributed by atoms with E-state index in [1.165, 1.54) is 19.2 Å². The third-order valence-corrected chi connectivity index (χ3v) is 5.04. The fraction of sp³-hybridized carbons (Fsp3) is 0.238. The minimum Gasteiger partial charge on any atom is -0.490 e. The van der Waals surface area contributed by atoms with E-state index in [1.807, 2.05) is 54.8 Å². The highest BCUT2D eigenvalue weighted by Gasteiger charge is 2.12. The van der Waals surface area contributed by atoms with Gasteiger partial charge >= 0.3 is 5.56 Å². The number of nitrogens with zero attached hydrogens (tertiary/aromatic N) is 2. The van der Waals surface area contributed by atoms with Crippen LogP contribution in [0, 0.1) is 13.8 Å². The molecule has 0 radical (unpaired) electrons. The molecule has 0 aliphatic rings. The lowest BCUT2D eigenvalue weighted by Gasteiger charge is -2.18. The summed E-state index contributed by atoms with van der Waals surface area (Å²) < 4.78 is 12.2. The molecule has 7 heteroatoms. The quantitative estimate of drug-likeness (QED) is 0.599. The third kappa shape index (κ3) is 4.55. The molecule has 28 heavy (non-hydrogen) atoms. The molecular formula is C21H23N3O3S. The summed E-state index contributed by atoms with van der Waals surface area (Å²) in [5.41, 5.74) is 3.76. The molecule has 1 heterocycles. The minimum absolute atomic E-state index is 0.207. The second-order valence-electron chi connectivity index (χ2n) is 6.34. The van der Waals surface area contributed by atoms with Crippen LogP contribution in [0.25, 0.3) is 0 Å². The highest BCUT2D eigenvalue weighted by molar-refractivity contribution is 7.94. The molecule has 0 fully saturated rings. The van der Waals surface area contributed by atoms with Gasteiger partial charge in [-0.2, -0.15) is 4.98 Å². The van der Waals surface area contributed by atoms with Crippen molar-refractivity contribution < 1.29 is 8.92 Å². The number of methoxy groups -OCH3 is 1. The molecule has 0 bridgehead atoms. The zero-order valence-electron chi connectivity index (χ0n) is 16.4. The van der Waals surface area contributed by atoms with E-state index < -0.39 is 5.56 Å². The van der Waals surface area contributed by atoms with Gasteiger partial charge in [0.1, 0.15) is 0 Å². The Hall–Kier alpha value is -2.77. The van der Waals surface area contributed by atoms with Crippen molar-refractivity contribution in [3.8, 4) is 5.75 Å². The van der Waals surface area contributed by atoms with Crippen LogP contribution in [0.1, 0.15) is 16.7 Å². The first-order chi connectivity index (χ1) is 13.5. The van der Waals surface area contributed by atoms with Gasteiger partial charge in [-0.25, -0.2) is 0 Å². The summed E-state index contributed by atoms with van der Waals surface area (Å²) in [5.74, 6) is 0.662. The van der Waals surface area contributed by atoms with Gasteiger partial charge in [0.15, 0.2) is 0 Å². The van der Waals surface area contributed by atoms with Crippen LogP contribution in [-0.2, 0) is 10.7 Å². The van der Waals surface area contributed by atoms with Gasteiger partial charge in [-0.15, -0.1) is 0 Å². The Kier molecular flexibility index (Phi) is 6.38. The van der Waals surface area contributed by atoms with Gasteiger partial charge in [-0.1, -0.05) is 30.3 Å². The van der Waals surface area contributed by atoms with E-state index in [0.717, 1.165) is 27.3 Å². The number of nitrogens with one attached hydrogen (secondary N) is 1. The maximum Gasteiger partial charge on any atom is 0.316 e. The highest BCUT2D eigenvalue weighted by Crippen LogP contribution is 2.29. The van der Waals surface area contributed by atoms with Crippen LogP contribution in [0.2, 0.25) is 0 Å². The summed E-state index contributed by atoms with van der Waals surface area (Å²) in [6, 6.07) is 14.0. The number of aryl methyl sites for hydroxylation is 1. The standard InChI is InChI=1S/C21H23N3O3S/c1-14-10-17(28-27-4)11-18(15(14)2)22-21-23-20(25)19(26-3)13-24(21)12-16-8-6-5-7-9-16/h5-11,13H,12H2,1-4H3,(H,22,23,25). The molecule has 0 aliphatic heterocycles. The molecular weight excluding hydrogens is 374 g/mol. The van der Waals surface area contributed by atoms with Crippen LogP contribution in [-0.4, -0.2) is 23.8 Å². The highest BCUT2D eigenvalue weighted by atomic mass is 32.2. The summed E-state index contributed by atoms with van der Waals surface area (Å²) in [7, 11) is 3.10. The summed E-state index contributed by atoms with van der Waals surface area (Å²) in [6.45, 7) is 4.62. The number of hydrogen-bond donors (Lipinski definition) is 1. The van der Waals surface area contributed by atoms with Crippen LogP contribution in [0.15, 0.2) is 58.4 Å². The average Bonchev–Trinajstić information content (AvgIpc) is 2.68. The molecule has 0 aliphatic carbocycles. The van der Waals surface area contributed by atoms with Crippen molar-refractivity contribution in [1.82, 2.24) is 9.55 Å². The molecule has 2 aromatic carbocycles. The van der Waals surface area contributed by atoms with Crippen LogP contribution < -0.4 is 15.6 Å². The van der Waals surface area contributed by atoms with Crippen LogP contribution in [0.3, 0.4) is 0 Å². The molecule has 1 aromatic heterocycles. The summed E-state index contributed by atoms with van der Waals surface area (Å²) in [4.78, 5) is 17.5. The van der Waals surface area contributed by atoms with Crippen LogP contribution in [0.5, 0.6) is 5.75 Å². The normalized spacial score (nSPS) is 10.7. The first-order valence-corrected chi connectivity index (χ1v) is 9.54. The summed E-state index contributed by atoms with van der Waals surface area (Å²) >= 11 is 1.29. The Balaban J connectivity index is 2.04. The van der Waals surface area contributed by atoms with Crippen molar-refractivity contribution in [2.45, 2.75) is 25.3 Å². The van der Waals surface area contributed by atoms with Crippen molar-refractivity contribution in [3.63, 3.8) is 0 Å². The van der Waals surface area contributed by atoms with Gasteiger partial charge in [0.2, 0.25) is 11.7 Å². The second kappa shape index (κ2) is 8.95. The van der Waals surface area contributed by atoms with E-state index in [0.29, 0.717) is 12.5 Å². The van der Waals surface area contributed by atoms with E-state index in [1.54, 1.807) is 13.3 Å². The number of hydrogen-bond acceptors (Lipinski definition) is 6. The van der Waals surface area contributed by atoms with Crippen molar-refractivity contribution in [2.24, 2.45) is 0 Å². The molecule has 0 amide bonds. The lowest BCUT2D eigenvalue weighted by atomic mass is 10.1. The molecule has 0 unspecified atom stereocenters. The number of anilines is 2. The lowest BCUT2D eigenvalue weighted by Crippen LogP contribution is -2.19. The monoisotopic (exact) mass is 397 g/mol. The Morgan fingerprint density at radius 1 is 1.14 bits per heavy atom. The van der Waals surface area contributed by atoms with Crippen LogP contribution in [0.4, 0.5) is 11.6 Å². The number of ether oxygens (including phenoxy) is 1. The van der Waals surface area contributed by atoms with Gasteiger partial charge in [0.25, 0.3) is 0 Å². The zero-order valence-corrected chi connectivity index (χ0v) is 17.2. The maximum atomic E-state index is 12.3. The van der Waals surface area contributed by atoms with Crippen molar-refractivity contribution in [1.29, 1.82) is 0 Å². The predicted octanol–water partition coefficient (Wildman–Crippen LogP) is 4.31. The van der Waals surface area contributed by atoms with E-state index in [4.69, 9.17) is 8.92 Å². The first kappa shape index (κ1) is 20.0. The molecule has 0 saturated carbocycles. The molecule has 146 valence electrons. The maximum absolute atomic E-state index is 12.3. The fourth-order valence-electron chi connectivity index (χ4n) is 2.83.